The molecule has 0 fully saturated rings. The van der Waals surface area contributed by atoms with Gasteiger partial charge in [-0.25, -0.2) is 9.37 Å². The fourth-order valence-corrected chi connectivity index (χ4v) is 2.33. The van der Waals surface area contributed by atoms with Crippen LogP contribution in [0.25, 0.3) is 11.0 Å². The largest absolute Gasteiger partial charge is 0.379 e. The number of alkyl halides is 1. The third kappa shape index (κ3) is 3.30. The van der Waals surface area contributed by atoms with Gasteiger partial charge in [-0.15, -0.1) is 11.6 Å². The molecular weight excluding hydrogens is 279 g/mol. The summed E-state index contributed by atoms with van der Waals surface area (Å²) < 4.78 is 21.2. The molecule has 0 bridgehead atoms. The van der Waals surface area contributed by atoms with Crippen LogP contribution in [0, 0.1) is 18.7 Å². The number of hydrogen-bond donors (Lipinski definition) is 0. The van der Waals surface area contributed by atoms with Gasteiger partial charge in [0, 0.05) is 19.2 Å². The van der Waals surface area contributed by atoms with E-state index in [1.807, 2.05) is 10.6 Å². The number of halogens is 2. The molecule has 110 valence electrons. The van der Waals surface area contributed by atoms with E-state index in [1.54, 1.807) is 6.92 Å². The van der Waals surface area contributed by atoms with Gasteiger partial charge in [0.1, 0.15) is 11.6 Å². The van der Waals surface area contributed by atoms with Gasteiger partial charge in [0.05, 0.1) is 23.5 Å². The van der Waals surface area contributed by atoms with Crippen LogP contribution in [-0.2, 0) is 17.2 Å². The maximum Gasteiger partial charge on any atom is 0.128 e. The second-order valence-electron chi connectivity index (χ2n) is 5.37. The predicted molar refractivity (Wildman–Crippen MR) is 79.6 cm³/mol. The number of hydrogen-bond acceptors (Lipinski definition) is 2. The van der Waals surface area contributed by atoms with Crippen LogP contribution in [0.4, 0.5) is 4.39 Å². The molecule has 0 radical (unpaired) electrons. The van der Waals surface area contributed by atoms with Crippen molar-refractivity contribution in [1.82, 2.24) is 9.55 Å². The molecule has 1 heterocycles. The summed E-state index contributed by atoms with van der Waals surface area (Å²) in [6.07, 6.45) is 0. The maximum absolute atomic E-state index is 13.6. The normalized spacial score (nSPS) is 11.7. The van der Waals surface area contributed by atoms with Crippen LogP contribution >= 0.6 is 11.6 Å². The summed E-state index contributed by atoms with van der Waals surface area (Å²) in [6, 6.07) is 3.28. The third-order valence-electron chi connectivity index (χ3n) is 3.14. The van der Waals surface area contributed by atoms with Crippen molar-refractivity contribution in [3.05, 3.63) is 29.3 Å². The van der Waals surface area contributed by atoms with Crippen LogP contribution in [-0.4, -0.2) is 22.8 Å². The average Bonchev–Trinajstić information content (AvgIpc) is 2.72. The Labute approximate surface area is 123 Å². The Hall–Kier alpha value is -1.13. The standard InChI is InChI=1S/C15H20ClFN2O/c1-10(2)9-20-5-4-19-14-6-11(3)12(17)7-13(14)18-15(19)8-16/h6-7,10H,4-5,8-9H2,1-3H3. The highest BCUT2D eigenvalue weighted by molar-refractivity contribution is 6.16. The molecule has 1 aromatic heterocycles. The summed E-state index contributed by atoms with van der Waals surface area (Å²) in [5, 5.41) is 0. The van der Waals surface area contributed by atoms with Crippen LogP contribution in [0.1, 0.15) is 25.2 Å². The molecule has 0 aliphatic heterocycles. The lowest BCUT2D eigenvalue weighted by atomic mass is 10.2. The molecule has 0 aliphatic carbocycles. The van der Waals surface area contributed by atoms with Crippen LogP contribution < -0.4 is 0 Å². The number of rotatable bonds is 6. The van der Waals surface area contributed by atoms with E-state index in [2.05, 4.69) is 18.8 Å². The zero-order chi connectivity index (χ0) is 14.7. The van der Waals surface area contributed by atoms with E-state index in [1.165, 1.54) is 6.07 Å². The minimum absolute atomic E-state index is 0.237. The van der Waals surface area contributed by atoms with Gasteiger partial charge in [0.25, 0.3) is 0 Å². The van der Waals surface area contributed by atoms with E-state index in [0.717, 1.165) is 17.9 Å². The fourth-order valence-electron chi connectivity index (χ4n) is 2.13. The minimum atomic E-state index is -0.237. The molecular formula is C15H20ClFN2O. The molecule has 0 N–H and O–H groups in total. The van der Waals surface area contributed by atoms with E-state index in [0.29, 0.717) is 36.0 Å². The molecule has 2 rings (SSSR count). The number of benzene rings is 1. The first-order valence-electron chi connectivity index (χ1n) is 6.82. The Morgan fingerprint density at radius 3 is 2.80 bits per heavy atom. The van der Waals surface area contributed by atoms with Crippen molar-refractivity contribution in [3.8, 4) is 0 Å². The van der Waals surface area contributed by atoms with Gasteiger partial charge < -0.3 is 9.30 Å². The number of aryl methyl sites for hydroxylation is 1. The smallest absolute Gasteiger partial charge is 0.128 e. The van der Waals surface area contributed by atoms with E-state index in [9.17, 15) is 4.39 Å². The minimum Gasteiger partial charge on any atom is -0.379 e. The molecule has 0 unspecified atom stereocenters. The maximum atomic E-state index is 13.6. The first-order chi connectivity index (χ1) is 9.52. The Kier molecular flexibility index (Phi) is 5.00. The number of fused-ring (bicyclic) bond motifs is 1. The molecule has 0 amide bonds. The number of aromatic nitrogens is 2. The highest BCUT2D eigenvalue weighted by Gasteiger charge is 2.12. The lowest BCUT2D eigenvalue weighted by Crippen LogP contribution is -2.11. The molecule has 0 aliphatic rings. The van der Waals surface area contributed by atoms with Crippen molar-refractivity contribution in [2.75, 3.05) is 13.2 Å². The fraction of sp³-hybridized carbons (Fsp3) is 0.533. The average molecular weight is 299 g/mol. The molecule has 0 saturated heterocycles. The van der Waals surface area contributed by atoms with Crippen LogP contribution in [0.2, 0.25) is 0 Å². The van der Waals surface area contributed by atoms with Crippen molar-refractivity contribution in [2.24, 2.45) is 5.92 Å². The van der Waals surface area contributed by atoms with E-state index in [-0.39, 0.29) is 5.82 Å². The van der Waals surface area contributed by atoms with Gasteiger partial charge in [-0.3, -0.25) is 0 Å². The van der Waals surface area contributed by atoms with Crippen LogP contribution in [0.5, 0.6) is 0 Å². The zero-order valence-electron chi connectivity index (χ0n) is 12.1. The number of nitrogens with zero attached hydrogens (tertiary/aromatic N) is 2. The summed E-state index contributed by atoms with van der Waals surface area (Å²) in [5.41, 5.74) is 2.17. The van der Waals surface area contributed by atoms with E-state index in [4.69, 9.17) is 16.3 Å². The number of imidazole rings is 1. The van der Waals surface area contributed by atoms with Crippen LogP contribution in [0.3, 0.4) is 0 Å². The second kappa shape index (κ2) is 6.55. The molecule has 5 heteroatoms. The molecule has 0 saturated carbocycles. The topological polar surface area (TPSA) is 27.1 Å². The summed E-state index contributed by atoms with van der Waals surface area (Å²) in [5.74, 6) is 1.33. The highest BCUT2D eigenvalue weighted by atomic mass is 35.5. The van der Waals surface area contributed by atoms with Crippen LogP contribution in [0.15, 0.2) is 12.1 Å². The van der Waals surface area contributed by atoms with Crippen molar-refractivity contribution in [1.29, 1.82) is 0 Å². The first kappa shape index (κ1) is 15.3. The van der Waals surface area contributed by atoms with Gasteiger partial charge in [0.15, 0.2) is 0 Å². The SMILES string of the molecule is Cc1cc2c(cc1F)nc(CCl)n2CCOCC(C)C. The Morgan fingerprint density at radius 2 is 2.15 bits per heavy atom. The molecule has 3 nitrogen and oxygen atoms in total. The van der Waals surface area contributed by atoms with Crippen molar-refractivity contribution < 1.29 is 9.13 Å². The molecule has 0 atom stereocenters. The van der Waals surface area contributed by atoms with Gasteiger partial charge in [0.2, 0.25) is 0 Å². The first-order valence-corrected chi connectivity index (χ1v) is 7.35. The lowest BCUT2D eigenvalue weighted by Gasteiger charge is -2.10. The van der Waals surface area contributed by atoms with Gasteiger partial charge in [-0.1, -0.05) is 13.8 Å². The highest BCUT2D eigenvalue weighted by Crippen LogP contribution is 2.21. The second-order valence-corrected chi connectivity index (χ2v) is 5.64. The predicted octanol–water partition coefficient (Wildman–Crippen LogP) is 3.90. The van der Waals surface area contributed by atoms with E-state index < -0.39 is 0 Å². The number of ether oxygens (including phenoxy) is 1. The monoisotopic (exact) mass is 298 g/mol. The molecule has 2 aromatic rings. The quantitative estimate of drug-likeness (QED) is 0.597. The molecule has 1 aromatic carbocycles. The summed E-state index contributed by atoms with van der Waals surface area (Å²) in [4.78, 5) is 4.38. The van der Waals surface area contributed by atoms with E-state index >= 15 is 0 Å². The zero-order valence-corrected chi connectivity index (χ0v) is 12.9. The van der Waals surface area contributed by atoms with Gasteiger partial charge in [-0.05, 0) is 24.5 Å². The summed E-state index contributed by atoms with van der Waals surface area (Å²) in [6.45, 7) is 7.99. The van der Waals surface area contributed by atoms with Crippen molar-refractivity contribution >= 4 is 22.6 Å². The summed E-state index contributed by atoms with van der Waals surface area (Å²) >= 11 is 5.93. The van der Waals surface area contributed by atoms with Crippen molar-refractivity contribution in [2.45, 2.75) is 33.2 Å². The molecule has 0 spiro atoms. The Bertz CT molecular complexity index is 595. The Balaban J connectivity index is 2.23. The third-order valence-corrected chi connectivity index (χ3v) is 3.38. The van der Waals surface area contributed by atoms with Crippen molar-refractivity contribution in [3.63, 3.8) is 0 Å². The van der Waals surface area contributed by atoms with Gasteiger partial charge >= 0.3 is 0 Å². The molecule has 20 heavy (non-hydrogen) atoms. The summed E-state index contributed by atoms with van der Waals surface area (Å²) in [7, 11) is 0. The Morgan fingerprint density at radius 1 is 1.40 bits per heavy atom. The van der Waals surface area contributed by atoms with Gasteiger partial charge in [-0.2, -0.15) is 0 Å². The lowest BCUT2D eigenvalue weighted by molar-refractivity contribution is 0.103.